The average Bonchev–Trinajstić information content (AvgIpc) is 2.67. The molecule has 1 aliphatic carbocycles. The minimum Gasteiger partial charge on any atom is -0.353 e. The van der Waals surface area contributed by atoms with Crippen LogP contribution in [-0.4, -0.2) is 4.98 Å². The molecule has 82 valence electrons. The van der Waals surface area contributed by atoms with Gasteiger partial charge < -0.3 is 10.4 Å². The van der Waals surface area contributed by atoms with Gasteiger partial charge in [0, 0.05) is 15.4 Å². The summed E-state index contributed by atoms with van der Waals surface area (Å²) in [6.45, 7) is 0. The maximum atomic E-state index is 5.52. The summed E-state index contributed by atoms with van der Waals surface area (Å²) in [4.78, 5) is 3.41. The molecule has 1 aromatic carbocycles. The van der Waals surface area contributed by atoms with Gasteiger partial charge in [-0.05, 0) is 36.6 Å². The summed E-state index contributed by atoms with van der Waals surface area (Å²) in [6.07, 6.45) is 4.23. The number of rotatable bonds is 1. The number of hydrazine groups is 1. The van der Waals surface area contributed by atoms with Crippen molar-refractivity contribution in [2.24, 2.45) is 5.84 Å². The zero-order chi connectivity index (χ0) is 11.1. The second-order valence-electron chi connectivity index (χ2n) is 3.97. The molecule has 0 bridgehead atoms. The molecule has 0 unspecified atom stereocenters. The molecule has 4 N–H and O–H groups in total. The Morgan fingerprint density at radius 2 is 2.25 bits per heavy atom. The number of aromatic nitrogens is 1. The summed E-state index contributed by atoms with van der Waals surface area (Å²) in [5.74, 6) is 5.52. The lowest BCUT2D eigenvalue weighted by Crippen LogP contribution is -2.22. The van der Waals surface area contributed by atoms with E-state index in [0.717, 1.165) is 34.2 Å². The first kappa shape index (κ1) is 9.93. The third kappa shape index (κ3) is 1.37. The highest BCUT2D eigenvalue weighted by Gasteiger charge is 2.17. The molecular formula is C12H12BrN3. The van der Waals surface area contributed by atoms with Crippen LogP contribution in [0, 0.1) is 0 Å². The molecule has 1 aromatic heterocycles. The number of benzene rings is 1. The van der Waals surface area contributed by atoms with Crippen LogP contribution in [0.2, 0.25) is 0 Å². The van der Waals surface area contributed by atoms with E-state index in [1.54, 1.807) is 0 Å². The maximum absolute atomic E-state index is 5.52. The van der Waals surface area contributed by atoms with Crippen molar-refractivity contribution < 1.29 is 0 Å². The monoisotopic (exact) mass is 277 g/mol. The van der Waals surface area contributed by atoms with Crippen LogP contribution in [-0.2, 0) is 6.42 Å². The predicted octanol–water partition coefficient (Wildman–Crippen LogP) is 2.68. The van der Waals surface area contributed by atoms with Gasteiger partial charge in [-0.15, -0.1) is 0 Å². The Bertz CT molecular complexity index is 583. The highest BCUT2D eigenvalue weighted by Crippen LogP contribution is 2.32. The van der Waals surface area contributed by atoms with Crippen molar-refractivity contribution in [2.75, 3.05) is 0 Å². The Kier molecular flexibility index (Phi) is 2.26. The first-order valence-electron chi connectivity index (χ1n) is 5.27. The molecule has 3 nitrogen and oxygen atoms in total. The number of aryl methyl sites for hydroxylation is 1. The van der Waals surface area contributed by atoms with Gasteiger partial charge in [0.2, 0.25) is 0 Å². The van der Waals surface area contributed by atoms with Crippen LogP contribution in [0.5, 0.6) is 0 Å². The smallest absolute Gasteiger partial charge is 0.0684 e. The van der Waals surface area contributed by atoms with Crippen molar-refractivity contribution in [1.82, 2.24) is 10.4 Å². The van der Waals surface area contributed by atoms with Crippen LogP contribution in [0.15, 0.2) is 28.7 Å². The molecule has 16 heavy (non-hydrogen) atoms. The highest BCUT2D eigenvalue weighted by atomic mass is 79.9. The van der Waals surface area contributed by atoms with Crippen LogP contribution in [0.3, 0.4) is 0 Å². The second kappa shape index (κ2) is 3.64. The van der Waals surface area contributed by atoms with Crippen molar-refractivity contribution >= 4 is 32.5 Å². The number of halogens is 1. The first-order chi connectivity index (χ1) is 7.79. The lowest BCUT2D eigenvalue weighted by atomic mass is 9.99. The van der Waals surface area contributed by atoms with E-state index >= 15 is 0 Å². The molecule has 1 heterocycles. The van der Waals surface area contributed by atoms with Gasteiger partial charge in [0.25, 0.3) is 0 Å². The van der Waals surface area contributed by atoms with Crippen LogP contribution in [0.1, 0.15) is 17.7 Å². The minimum atomic E-state index is 0.994. The average molecular weight is 278 g/mol. The van der Waals surface area contributed by atoms with Crippen LogP contribution in [0.4, 0.5) is 0 Å². The van der Waals surface area contributed by atoms with Gasteiger partial charge in [-0.25, -0.2) is 0 Å². The Morgan fingerprint density at radius 3 is 3.06 bits per heavy atom. The zero-order valence-corrected chi connectivity index (χ0v) is 10.3. The topological polar surface area (TPSA) is 53.8 Å². The predicted molar refractivity (Wildman–Crippen MR) is 69.6 cm³/mol. The van der Waals surface area contributed by atoms with Gasteiger partial charge in [0.15, 0.2) is 0 Å². The van der Waals surface area contributed by atoms with Crippen LogP contribution < -0.4 is 11.3 Å². The number of hydrogen-bond donors (Lipinski definition) is 3. The normalized spacial score (nSPS) is 14.8. The standard InChI is InChI=1S/C12H12BrN3/c13-7-4-5-10-9(6-7)8-2-1-3-11(16-14)12(8)15-10/h3-6,15-16H,1-2,14H2. The van der Waals surface area contributed by atoms with Crippen molar-refractivity contribution in [1.29, 1.82) is 0 Å². The summed E-state index contributed by atoms with van der Waals surface area (Å²) in [6, 6.07) is 6.29. The number of hydrogen-bond acceptors (Lipinski definition) is 2. The van der Waals surface area contributed by atoms with E-state index < -0.39 is 0 Å². The van der Waals surface area contributed by atoms with Gasteiger partial charge >= 0.3 is 0 Å². The summed E-state index contributed by atoms with van der Waals surface area (Å²) < 4.78 is 1.11. The van der Waals surface area contributed by atoms with E-state index in [-0.39, 0.29) is 0 Å². The Balaban J connectivity index is 2.30. The Hall–Kier alpha value is -1.26. The molecule has 0 radical (unpaired) electrons. The SMILES string of the molecule is NNC1=CCCc2c1[nH]c1ccc(Br)cc21. The fraction of sp³-hybridized carbons (Fsp3) is 0.167. The lowest BCUT2D eigenvalue weighted by Gasteiger charge is -2.12. The van der Waals surface area contributed by atoms with Crippen molar-refractivity contribution in [3.05, 3.63) is 40.0 Å². The Morgan fingerprint density at radius 1 is 1.38 bits per heavy atom. The van der Waals surface area contributed by atoms with E-state index in [4.69, 9.17) is 5.84 Å². The molecule has 0 fully saturated rings. The largest absolute Gasteiger partial charge is 0.353 e. The molecule has 1 aliphatic rings. The molecule has 2 aromatic rings. The van der Waals surface area contributed by atoms with Gasteiger partial charge in [0.05, 0.1) is 11.4 Å². The summed E-state index contributed by atoms with van der Waals surface area (Å²) in [5.41, 5.74) is 7.39. The van der Waals surface area contributed by atoms with Crippen LogP contribution >= 0.6 is 15.9 Å². The van der Waals surface area contributed by atoms with Gasteiger partial charge in [-0.3, -0.25) is 5.84 Å². The zero-order valence-electron chi connectivity index (χ0n) is 8.68. The van der Waals surface area contributed by atoms with Gasteiger partial charge in [-0.2, -0.15) is 0 Å². The second-order valence-corrected chi connectivity index (χ2v) is 4.88. The molecule has 3 rings (SSSR count). The summed E-state index contributed by atoms with van der Waals surface area (Å²) in [5, 5.41) is 1.28. The summed E-state index contributed by atoms with van der Waals surface area (Å²) >= 11 is 3.51. The van der Waals surface area contributed by atoms with Crippen LogP contribution in [0.25, 0.3) is 16.6 Å². The molecular weight excluding hydrogens is 266 g/mol. The van der Waals surface area contributed by atoms with Crippen molar-refractivity contribution in [2.45, 2.75) is 12.8 Å². The maximum Gasteiger partial charge on any atom is 0.0684 e. The molecule has 0 spiro atoms. The van der Waals surface area contributed by atoms with Crippen molar-refractivity contribution in [3.8, 4) is 0 Å². The number of fused-ring (bicyclic) bond motifs is 3. The Labute approximate surface area is 102 Å². The summed E-state index contributed by atoms with van der Waals surface area (Å²) in [7, 11) is 0. The fourth-order valence-electron chi connectivity index (χ4n) is 2.30. The van der Waals surface area contributed by atoms with Gasteiger partial charge in [-0.1, -0.05) is 22.0 Å². The lowest BCUT2D eigenvalue weighted by molar-refractivity contribution is 0.911. The van der Waals surface area contributed by atoms with E-state index in [9.17, 15) is 0 Å². The number of allylic oxidation sites excluding steroid dienone is 1. The molecule has 0 amide bonds. The van der Waals surface area contributed by atoms with E-state index in [2.05, 4.69) is 44.5 Å². The number of nitrogens with one attached hydrogen (secondary N) is 2. The number of aromatic amines is 1. The molecule has 0 aliphatic heterocycles. The number of nitrogens with two attached hydrogens (primary N) is 1. The molecule has 0 saturated carbocycles. The van der Waals surface area contributed by atoms with E-state index in [1.165, 1.54) is 10.9 Å². The molecule has 0 atom stereocenters. The quantitative estimate of drug-likeness (QED) is 0.555. The fourth-order valence-corrected chi connectivity index (χ4v) is 2.66. The van der Waals surface area contributed by atoms with E-state index in [1.807, 2.05) is 6.07 Å². The highest BCUT2D eigenvalue weighted by molar-refractivity contribution is 9.10. The third-order valence-electron chi connectivity index (χ3n) is 3.04. The molecule has 4 heteroatoms. The molecule has 0 saturated heterocycles. The van der Waals surface area contributed by atoms with Gasteiger partial charge in [0.1, 0.15) is 0 Å². The van der Waals surface area contributed by atoms with Crippen molar-refractivity contribution in [3.63, 3.8) is 0 Å². The first-order valence-corrected chi connectivity index (χ1v) is 6.06. The number of H-pyrrole nitrogens is 1. The third-order valence-corrected chi connectivity index (χ3v) is 3.53. The minimum absolute atomic E-state index is 0.994. The van der Waals surface area contributed by atoms with E-state index in [0.29, 0.717) is 0 Å².